The summed E-state index contributed by atoms with van der Waals surface area (Å²) in [6.07, 6.45) is 5.11. The molecule has 0 aromatic carbocycles. The molecule has 0 amide bonds. The first-order chi connectivity index (χ1) is 11.3. The van der Waals surface area contributed by atoms with Gasteiger partial charge < -0.3 is 15.0 Å². The highest BCUT2D eigenvalue weighted by Crippen LogP contribution is 2.17. The molecular formula is C16H28N6O. The quantitative estimate of drug-likeness (QED) is 0.638. The third-order valence-electron chi connectivity index (χ3n) is 4.53. The molecule has 2 fully saturated rings. The number of morpholine rings is 1. The Morgan fingerprint density at radius 2 is 2.22 bits per heavy atom. The molecule has 128 valence electrons. The predicted molar refractivity (Wildman–Crippen MR) is 90.4 cm³/mol. The molecule has 23 heavy (non-hydrogen) atoms. The molecule has 7 nitrogen and oxygen atoms in total. The van der Waals surface area contributed by atoms with E-state index >= 15 is 0 Å². The Hall–Kier alpha value is -1.60. The molecular weight excluding hydrogens is 292 g/mol. The van der Waals surface area contributed by atoms with Crippen molar-refractivity contribution in [2.45, 2.75) is 25.9 Å². The number of nitrogens with one attached hydrogen (secondary N) is 1. The second-order valence-electron chi connectivity index (χ2n) is 6.23. The Morgan fingerprint density at radius 3 is 2.91 bits per heavy atom. The van der Waals surface area contributed by atoms with Crippen LogP contribution in [0.5, 0.6) is 0 Å². The summed E-state index contributed by atoms with van der Waals surface area (Å²) in [4.78, 5) is 9.75. The maximum atomic E-state index is 5.46. The molecule has 0 saturated carbocycles. The van der Waals surface area contributed by atoms with Crippen LogP contribution in [0.1, 0.15) is 18.9 Å². The summed E-state index contributed by atoms with van der Waals surface area (Å²) in [7, 11) is 1.94. The lowest BCUT2D eigenvalue weighted by atomic mass is 10.2. The van der Waals surface area contributed by atoms with Gasteiger partial charge in [0, 0.05) is 57.6 Å². The summed E-state index contributed by atoms with van der Waals surface area (Å²) in [6, 6.07) is 0.626. The number of aliphatic imine (C=N–C) groups is 1. The van der Waals surface area contributed by atoms with Crippen molar-refractivity contribution in [2.24, 2.45) is 12.0 Å². The first kappa shape index (κ1) is 16.3. The van der Waals surface area contributed by atoms with Crippen molar-refractivity contribution in [3.63, 3.8) is 0 Å². The Bertz CT molecular complexity index is 522. The van der Waals surface area contributed by atoms with E-state index in [4.69, 9.17) is 9.73 Å². The highest BCUT2D eigenvalue weighted by molar-refractivity contribution is 5.80. The lowest BCUT2D eigenvalue weighted by Gasteiger charge is -2.32. The number of ether oxygens (including phenoxy) is 1. The number of guanidine groups is 1. The Balaban J connectivity index is 1.59. The van der Waals surface area contributed by atoms with E-state index in [-0.39, 0.29) is 0 Å². The average Bonchev–Trinajstić information content (AvgIpc) is 3.21. The minimum absolute atomic E-state index is 0.626. The van der Waals surface area contributed by atoms with Crippen LogP contribution >= 0.6 is 0 Å². The summed E-state index contributed by atoms with van der Waals surface area (Å²) in [5.74, 6) is 1.02. The van der Waals surface area contributed by atoms with Crippen molar-refractivity contribution < 1.29 is 4.74 Å². The van der Waals surface area contributed by atoms with Gasteiger partial charge in [0.25, 0.3) is 0 Å². The molecule has 3 heterocycles. The van der Waals surface area contributed by atoms with Crippen molar-refractivity contribution in [1.29, 1.82) is 0 Å². The van der Waals surface area contributed by atoms with Crippen LogP contribution in [0.25, 0.3) is 0 Å². The minimum atomic E-state index is 0.626. The first-order valence-electron chi connectivity index (χ1n) is 8.59. The molecule has 0 aliphatic carbocycles. The molecule has 2 aliphatic heterocycles. The molecule has 1 N–H and O–H groups in total. The molecule has 7 heteroatoms. The fourth-order valence-electron chi connectivity index (χ4n) is 3.32. The number of likely N-dealkylation sites (tertiary alicyclic amines) is 1. The van der Waals surface area contributed by atoms with Gasteiger partial charge in [0.15, 0.2) is 5.96 Å². The second-order valence-corrected chi connectivity index (χ2v) is 6.23. The van der Waals surface area contributed by atoms with Gasteiger partial charge >= 0.3 is 0 Å². The SMILES string of the molecule is CCNC(=NCc1cnn(C)c1)N1CCC(N2CCOCC2)C1. The van der Waals surface area contributed by atoms with Gasteiger partial charge in [0.1, 0.15) is 0 Å². The zero-order chi connectivity index (χ0) is 16.1. The maximum Gasteiger partial charge on any atom is 0.194 e. The zero-order valence-corrected chi connectivity index (χ0v) is 14.2. The summed E-state index contributed by atoms with van der Waals surface area (Å²) in [5, 5.41) is 7.64. The number of nitrogens with zero attached hydrogens (tertiary/aromatic N) is 5. The van der Waals surface area contributed by atoms with Crippen LogP contribution in [0, 0.1) is 0 Å². The lowest BCUT2D eigenvalue weighted by Crippen LogP contribution is -2.46. The summed E-state index contributed by atoms with van der Waals surface area (Å²) in [6.45, 7) is 9.66. The molecule has 0 bridgehead atoms. The minimum Gasteiger partial charge on any atom is -0.379 e. The first-order valence-corrected chi connectivity index (χ1v) is 8.59. The molecule has 2 saturated heterocycles. The van der Waals surface area contributed by atoms with E-state index in [1.807, 2.05) is 24.1 Å². The van der Waals surface area contributed by atoms with E-state index in [2.05, 4.69) is 27.1 Å². The van der Waals surface area contributed by atoms with Crippen molar-refractivity contribution in [3.8, 4) is 0 Å². The lowest BCUT2D eigenvalue weighted by molar-refractivity contribution is 0.0195. The molecule has 1 atom stereocenters. The van der Waals surface area contributed by atoms with Crippen LogP contribution in [0.3, 0.4) is 0 Å². The Labute approximate surface area is 138 Å². The van der Waals surface area contributed by atoms with Crippen LogP contribution in [0.4, 0.5) is 0 Å². The third kappa shape index (κ3) is 4.23. The topological polar surface area (TPSA) is 57.9 Å². The number of aryl methyl sites for hydroxylation is 1. The van der Waals surface area contributed by atoms with E-state index in [1.165, 1.54) is 6.42 Å². The van der Waals surface area contributed by atoms with Gasteiger partial charge in [0.05, 0.1) is 26.0 Å². The molecule has 1 aromatic heterocycles. The monoisotopic (exact) mass is 320 g/mol. The summed E-state index contributed by atoms with van der Waals surface area (Å²) in [5.41, 5.74) is 1.15. The van der Waals surface area contributed by atoms with Gasteiger partial charge in [-0.15, -0.1) is 0 Å². The second kappa shape index (κ2) is 7.79. The van der Waals surface area contributed by atoms with Crippen LogP contribution in [-0.4, -0.2) is 77.5 Å². The smallest absolute Gasteiger partial charge is 0.194 e. The van der Waals surface area contributed by atoms with Gasteiger partial charge in [0.2, 0.25) is 0 Å². The average molecular weight is 320 g/mol. The van der Waals surface area contributed by atoms with Crippen molar-refractivity contribution in [1.82, 2.24) is 24.9 Å². The molecule has 1 aromatic rings. The van der Waals surface area contributed by atoms with Crippen molar-refractivity contribution in [3.05, 3.63) is 18.0 Å². The van der Waals surface area contributed by atoms with Crippen LogP contribution in [0.15, 0.2) is 17.4 Å². The van der Waals surface area contributed by atoms with Crippen LogP contribution < -0.4 is 5.32 Å². The summed E-state index contributed by atoms with van der Waals surface area (Å²) >= 11 is 0. The number of hydrogen-bond acceptors (Lipinski definition) is 4. The Morgan fingerprint density at radius 1 is 1.39 bits per heavy atom. The maximum absolute atomic E-state index is 5.46. The van der Waals surface area contributed by atoms with E-state index < -0.39 is 0 Å². The zero-order valence-electron chi connectivity index (χ0n) is 14.2. The van der Waals surface area contributed by atoms with E-state index in [0.29, 0.717) is 12.6 Å². The van der Waals surface area contributed by atoms with Gasteiger partial charge in [-0.1, -0.05) is 0 Å². The van der Waals surface area contributed by atoms with Gasteiger partial charge in [-0.3, -0.25) is 9.58 Å². The highest BCUT2D eigenvalue weighted by Gasteiger charge is 2.30. The molecule has 0 radical (unpaired) electrons. The summed E-state index contributed by atoms with van der Waals surface area (Å²) < 4.78 is 7.28. The normalized spacial score (nSPS) is 23.5. The third-order valence-corrected chi connectivity index (χ3v) is 4.53. The fraction of sp³-hybridized carbons (Fsp3) is 0.750. The predicted octanol–water partition coefficient (Wildman–Crippen LogP) is 0.292. The molecule has 3 rings (SSSR count). The van der Waals surface area contributed by atoms with Crippen molar-refractivity contribution in [2.75, 3.05) is 45.9 Å². The number of hydrogen-bond donors (Lipinski definition) is 1. The molecule has 0 spiro atoms. The fourth-order valence-corrected chi connectivity index (χ4v) is 3.32. The molecule has 2 aliphatic rings. The molecule has 1 unspecified atom stereocenters. The Kier molecular flexibility index (Phi) is 5.51. The van der Waals surface area contributed by atoms with Gasteiger partial charge in [-0.25, -0.2) is 4.99 Å². The van der Waals surface area contributed by atoms with Crippen molar-refractivity contribution >= 4 is 5.96 Å². The van der Waals surface area contributed by atoms with E-state index in [1.54, 1.807) is 0 Å². The number of aromatic nitrogens is 2. The van der Waals surface area contributed by atoms with E-state index in [9.17, 15) is 0 Å². The standard InChI is InChI=1S/C16H28N6O/c1-3-17-16(18-10-14-11-19-20(2)12-14)22-5-4-15(13-22)21-6-8-23-9-7-21/h11-12,15H,3-10,13H2,1-2H3,(H,17,18). The van der Waals surface area contributed by atoms with Crippen LogP contribution in [-0.2, 0) is 18.3 Å². The number of rotatable bonds is 4. The highest BCUT2D eigenvalue weighted by atomic mass is 16.5. The van der Waals surface area contributed by atoms with Gasteiger partial charge in [-0.2, -0.15) is 5.10 Å². The van der Waals surface area contributed by atoms with Crippen LogP contribution in [0.2, 0.25) is 0 Å². The van der Waals surface area contributed by atoms with Gasteiger partial charge in [-0.05, 0) is 13.3 Å². The largest absolute Gasteiger partial charge is 0.379 e. The van der Waals surface area contributed by atoms with E-state index in [0.717, 1.165) is 57.5 Å².